The molecule has 0 amide bonds. The number of amidine groups is 1. The summed E-state index contributed by atoms with van der Waals surface area (Å²) in [6, 6.07) is 8.51. The SMILES string of the molecule is CCOc1nc(N2CCNCC2)nc2c1sc1nc(-c3ccc(N4CCN=C4C)cc3)cc(C(F)(F)F)c12. The molecule has 38 heavy (non-hydrogen) atoms. The molecule has 0 bridgehead atoms. The van der Waals surface area contributed by atoms with Gasteiger partial charge in [0.25, 0.3) is 0 Å². The van der Waals surface area contributed by atoms with Crippen LogP contribution in [-0.4, -0.2) is 66.7 Å². The maximum atomic E-state index is 14.5. The molecule has 0 aliphatic carbocycles. The van der Waals surface area contributed by atoms with Crippen molar-refractivity contribution in [3.05, 3.63) is 35.9 Å². The van der Waals surface area contributed by atoms with E-state index >= 15 is 0 Å². The number of aromatic nitrogens is 3. The predicted molar refractivity (Wildman–Crippen MR) is 145 cm³/mol. The summed E-state index contributed by atoms with van der Waals surface area (Å²) in [4.78, 5) is 22.6. The Hall–Kier alpha value is -3.51. The summed E-state index contributed by atoms with van der Waals surface area (Å²) in [5.74, 6) is 1.58. The highest BCUT2D eigenvalue weighted by atomic mass is 32.1. The lowest BCUT2D eigenvalue weighted by molar-refractivity contribution is -0.136. The number of benzene rings is 1. The Morgan fingerprint density at radius 1 is 1.05 bits per heavy atom. The number of hydrogen-bond acceptors (Lipinski definition) is 9. The summed E-state index contributed by atoms with van der Waals surface area (Å²) in [7, 11) is 0. The van der Waals surface area contributed by atoms with Crippen LogP contribution in [0.2, 0.25) is 0 Å². The number of rotatable bonds is 5. The minimum absolute atomic E-state index is 0.0125. The van der Waals surface area contributed by atoms with Crippen LogP contribution in [0.5, 0.6) is 5.88 Å². The molecule has 0 spiro atoms. The Bertz CT molecular complexity index is 1530. The molecule has 1 saturated heterocycles. The van der Waals surface area contributed by atoms with E-state index in [0.717, 1.165) is 55.1 Å². The lowest BCUT2D eigenvalue weighted by Gasteiger charge is -2.27. The molecule has 2 aliphatic heterocycles. The van der Waals surface area contributed by atoms with Crippen LogP contribution >= 0.6 is 11.3 Å². The Balaban J connectivity index is 1.51. The van der Waals surface area contributed by atoms with Crippen molar-refractivity contribution in [1.29, 1.82) is 0 Å². The fourth-order valence-corrected chi connectivity index (χ4v) is 5.98. The molecule has 1 fully saturated rings. The predicted octanol–water partition coefficient (Wildman–Crippen LogP) is 4.97. The first-order chi connectivity index (χ1) is 18.3. The van der Waals surface area contributed by atoms with Crippen LogP contribution in [0.3, 0.4) is 0 Å². The Kier molecular flexibility index (Phi) is 6.31. The van der Waals surface area contributed by atoms with Crippen molar-refractivity contribution in [3.8, 4) is 17.1 Å². The van der Waals surface area contributed by atoms with Crippen molar-refractivity contribution >= 4 is 49.2 Å². The highest BCUT2D eigenvalue weighted by Crippen LogP contribution is 2.45. The molecule has 8 nitrogen and oxygen atoms in total. The van der Waals surface area contributed by atoms with Crippen LogP contribution in [-0.2, 0) is 6.18 Å². The van der Waals surface area contributed by atoms with E-state index in [-0.39, 0.29) is 27.3 Å². The average molecular weight is 542 g/mol. The van der Waals surface area contributed by atoms with E-state index < -0.39 is 11.7 Å². The van der Waals surface area contributed by atoms with Crippen LogP contribution in [0, 0.1) is 0 Å². The second-order valence-electron chi connectivity index (χ2n) is 9.14. The Morgan fingerprint density at radius 3 is 2.47 bits per heavy atom. The van der Waals surface area contributed by atoms with E-state index in [0.29, 0.717) is 35.9 Å². The maximum Gasteiger partial charge on any atom is 0.417 e. The van der Waals surface area contributed by atoms with Gasteiger partial charge in [-0.3, -0.25) is 4.99 Å². The van der Waals surface area contributed by atoms with Gasteiger partial charge in [0.05, 0.1) is 29.8 Å². The summed E-state index contributed by atoms with van der Waals surface area (Å²) in [5, 5.41) is 3.25. The molecule has 0 unspecified atom stereocenters. The normalized spacial score (nSPS) is 16.5. The molecule has 12 heteroatoms. The van der Waals surface area contributed by atoms with Gasteiger partial charge in [0, 0.05) is 44.0 Å². The molecule has 0 atom stereocenters. The van der Waals surface area contributed by atoms with Gasteiger partial charge < -0.3 is 19.9 Å². The molecule has 6 rings (SSSR count). The first-order valence-corrected chi connectivity index (χ1v) is 13.3. The summed E-state index contributed by atoms with van der Waals surface area (Å²) < 4.78 is 49.7. The molecule has 0 radical (unpaired) electrons. The zero-order valence-electron chi connectivity index (χ0n) is 21.0. The largest absolute Gasteiger partial charge is 0.477 e. The van der Waals surface area contributed by atoms with E-state index in [4.69, 9.17) is 4.74 Å². The van der Waals surface area contributed by atoms with E-state index in [9.17, 15) is 13.2 Å². The second kappa shape index (κ2) is 9.66. The molecule has 1 N–H and O–H groups in total. The lowest BCUT2D eigenvalue weighted by atomic mass is 10.1. The van der Waals surface area contributed by atoms with Crippen molar-refractivity contribution in [2.75, 3.05) is 55.7 Å². The highest BCUT2D eigenvalue weighted by molar-refractivity contribution is 7.25. The van der Waals surface area contributed by atoms with Crippen LogP contribution in [0.1, 0.15) is 19.4 Å². The van der Waals surface area contributed by atoms with Crippen LogP contribution in [0.15, 0.2) is 35.3 Å². The third kappa shape index (κ3) is 4.41. The van der Waals surface area contributed by atoms with Crippen LogP contribution < -0.4 is 19.9 Å². The average Bonchev–Trinajstić information content (AvgIpc) is 3.51. The zero-order chi connectivity index (χ0) is 26.4. The van der Waals surface area contributed by atoms with Gasteiger partial charge in [-0.15, -0.1) is 11.3 Å². The molecule has 1 aromatic carbocycles. The Morgan fingerprint density at radius 2 is 1.82 bits per heavy atom. The molecular formula is C26H26F3N7OS. The quantitative estimate of drug-likeness (QED) is 0.382. The third-order valence-corrected chi connectivity index (χ3v) is 7.82. The zero-order valence-corrected chi connectivity index (χ0v) is 21.8. The van der Waals surface area contributed by atoms with Gasteiger partial charge in [0.1, 0.15) is 20.9 Å². The summed E-state index contributed by atoms with van der Waals surface area (Å²) in [6.07, 6.45) is -4.60. The molecule has 5 heterocycles. The Labute approximate surface area is 221 Å². The van der Waals surface area contributed by atoms with Gasteiger partial charge in [0.15, 0.2) is 0 Å². The van der Waals surface area contributed by atoms with Gasteiger partial charge >= 0.3 is 6.18 Å². The van der Waals surface area contributed by atoms with Crippen LogP contribution in [0.25, 0.3) is 31.7 Å². The van der Waals surface area contributed by atoms with Crippen molar-refractivity contribution in [2.45, 2.75) is 20.0 Å². The molecule has 3 aromatic heterocycles. The summed E-state index contributed by atoms with van der Waals surface area (Å²) >= 11 is 1.13. The summed E-state index contributed by atoms with van der Waals surface area (Å²) in [6.45, 7) is 8.43. The first kappa shape index (κ1) is 24.8. The maximum absolute atomic E-state index is 14.5. The smallest absolute Gasteiger partial charge is 0.417 e. The number of halogens is 3. The minimum atomic E-state index is -4.60. The number of nitrogens with zero attached hydrogens (tertiary/aromatic N) is 6. The second-order valence-corrected chi connectivity index (χ2v) is 10.1. The number of hydrogen-bond donors (Lipinski definition) is 1. The van der Waals surface area contributed by atoms with Crippen molar-refractivity contribution < 1.29 is 17.9 Å². The number of piperazine rings is 1. The van der Waals surface area contributed by atoms with Crippen molar-refractivity contribution in [3.63, 3.8) is 0 Å². The van der Waals surface area contributed by atoms with E-state index in [1.807, 2.05) is 30.9 Å². The monoisotopic (exact) mass is 541 g/mol. The van der Waals surface area contributed by atoms with E-state index in [1.165, 1.54) is 0 Å². The van der Waals surface area contributed by atoms with Crippen LogP contribution in [0.4, 0.5) is 24.8 Å². The summed E-state index contributed by atoms with van der Waals surface area (Å²) in [5.41, 5.74) is 1.27. The van der Waals surface area contributed by atoms with E-state index in [2.05, 4.69) is 30.2 Å². The van der Waals surface area contributed by atoms with Gasteiger partial charge in [-0.25, -0.2) is 9.97 Å². The fourth-order valence-electron chi connectivity index (χ4n) is 4.90. The number of pyridine rings is 1. The third-order valence-electron chi connectivity index (χ3n) is 6.76. The molecule has 198 valence electrons. The van der Waals surface area contributed by atoms with Gasteiger partial charge in [-0.1, -0.05) is 12.1 Å². The number of ether oxygens (including phenoxy) is 1. The fraction of sp³-hybridized carbons (Fsp3) is 0.385. The molecular weight excluding hydrogens is 515 g/mol. The molecule has 2 aliphatic rings. The topological polar surface area (TPSA) is 78.8 Å². The number of fused-ring (bicyclic) bond motifs is 3. The lowest BCUT2D eigenvalue weighted by Crippen LogP contribution is -2.44. The number of aliphatic imine (C=N–C) groups is 1. The van der Waals surface area contributed by atoms with Crippen molar-refractivity contribution in [2.24, 2.45) is 4.99 Å². The van der Waals surface area contributed by atoms with Gasteiger partial charge in [0.2, 0.25) is 11.8 Å². The number of nitrogens with one attached hydrogen (secondary N) is 1. The van der Waals surface area contributed by atoms with Gasteiger partial charge in [-0.2, -0.15) is 18.2 Å². The standard InChI is InChI=1S/C26H26F3N7OS/c1-3-37-23-22-21(33-25(34-23)35-11-8-30-9-12-35)20-18(26(27,28)29)14-19(32-24(20)38-22)16-4-6-17(7-5-16)36-13-10-31-15(36)2/h4-7,14,30H,3,8-13H2,1-2H3. The van der Waals surface area contributed by atoms with E-state index in [1.54, 1.807) is 12.1 Å². The highest BCUT2D eigenvalue weighted by Gasteiger charge is 2.36. The van der Waals surface area contributed by atoms with Crippen molar-refractivity contribution in [1.82, 2.24) is 20.3 Å². The number of thiophene rings is 1. The molecule has 0 saturated carbocycles. The number of anilines is 2. The minimum Gasteiger partial charge on any atom is -0.477 e. The first-order valence-electron chi connectivity index (χ1n) is 12.5. The van der Waals surface area contributed by atoms with Gasteiger partial charge in [-0.05, 0) is 32.0 Å². The number of alkyl halides is 3. The molecule has 4 aromatic rings.